The SMILES string of the molecule is [C-]#[N+]c1cccc(COc2nc(CN3CCN(C(C)=O)CC3)nc(OCc3cccc(-c4ccccc4)c3C)n2)c1. The van der Waals surface area contributed by atoms with E-state index in [1.807, 2.05) is 47.4 Å². The Bertz CT molecular complexity index is 1550. The number of aromatic nitrogens is 3. The van der Waals surface area contributed by atoms with Gasteiger partial charge in [0.1, 0.15) is 13.2 Å². The largest absolute Gasteiger partial charge is 0.458 e. The molecule has 0 saturated carbocycles. The molecule has 208 valence electrons. The molecule has 3 aromatic carbocycles. The molecule has 1 aromatic heterocycles. The van der Waals surface area contributed by atoms with Crippen LogP contribution in [-0.2, 0) is 24.6 Å². The first-order valence-electron chi connectivity index (χ1n) is 13.6. The normalized spacial score (nSPS) is 13.4. The highest BCUT2D eigenvalue weighted by molar-refractivity contribution is 5.73. The molecule has 1 amide bonds. The number of rotatable bonds is 9. The van der Waals surface area contributed by atoms with E-state index in [1.165, 1.54) is 0 Å². The van der Waals surface area contributed by atoms with Crippen LogP contribution in [0.5, 0.6) is 12.0 Å². The summed E-state index contributed by atoms with van der Waals surface area (Å²) in [5, 5.41) is 0. The quantitative estimate of drug-likeness (QED) is 0.265. The lowest BCUT2D eigenvalue weighted by Crippen LogP contribution is -2.47. The van der Waals surface area contributed by atoms with E-state index in [-0.39, 0.29) is 24.5 Å². The Morgan fingerprint density at radius 1 is 0.878 bits per heavy atom. The summed E-state index contributed by atoms with van der Waals surface area (Å²) in [5.74, 6) is 0.621. The van der Waals surface area contributed by atoms with Gasteiger partial charge in [0.15, 0.2) is 11.5 Å². The van der Waals surface area contributed by atoms with Gasteiger partial charge in [-0.3, -0.25) is 9.69 Å². The molecule has 5 rings (SSSR count). The zero-order valence-electron chi connectivity index (χ0n) is 23.3. The van der Waals surface area contributed by atoms with Crippen LogP contribution >= 0.6 is 0 Å². The Kier molecular flexibility index (Phi) is 8.82. The van der Waals surface area contributed by atoms with Gasteiger partial charge in [0.2, 0.25) is 5.91 Å². The van der Waals surface area contributed by atoms with Gasteiger partial charge >= 0.3 is 12.0 Å². The van der Waals surface area contributed by atoms with E-state index in [9.17, 15) is 4.79 Å². The molecule has 9 heteroatoms. The number of hydrogen-bond donors (Lipinski definition) is 0. The predicted octanol–water partition coefficient (Wildman–Crippen LogP) is 5.22. The molecule has 1 fully saturated rings. The lowest BCUT2D eigenvalue weighted by molar-refractivity contribution is -0.130. The third-order valence-corrected chi connectivity index (χ3v) is 7.12. The zero-order valence-corrected chi connectivity index (χ0v) is 23.3. The van der Waals surface area contributed by atoms with E-state index in [0.717, 1.165) is 40.9 Å². The smallest absolute Gasteiger partial charge is 0.323 e. The molecule has 2 heterocycles. The Hall–Kier alpha value is -4.81. The van der Waals surface area contributed by atoms with Gasteiger partial charge in [0.25, 0.3) is 0 Å². The zero-order chi connectivity index (χ0) is 28.6. The molecular weight excluding hydrogens is 516 g/mol. The van der Waals surface area contributed by atoms with Gasteiger partial charge in [-0.2, -0.15) is 9.97 Å². The number of amides is 1. The molecule has 4 aromatic rings. The molecule has 0 atom stereocenters. The van der Waals surface area contributed by atoms with Gasteiger partial charge in [-0.05, 0) is 40.8 Å². The Balaban J connectivity index is 1.34. The van der Waals surface area contributed by atoms with Crippen LogP contribution in [0.1, 0.15) is 29.4 Å². The van der Waals surface area contributed by atoms with E-state index in [0.29, 0.717) is 37.8 Å². The fourth-order valence-electron chi connectivity index (χ4n) is 4.77. The van der Waals surface area contributed by atoms with Crippen molar-refractivity contribution in [2.24, 2.45) is 0 Å². The van der Waals surface area contributed by atoms with E-state index in [2.05, 4.69) is 49.8 Å². The number of piperazine rings is 1. The highest BCUT2D eigenvalue weighted by Crippen LogP contribution is 2.26. The standard InChI is InChI=1S/C32H32N6O3/c1-23-27(12-8-14-29(23)26-10-5-4-6-11-26)22-41-32-35-30(20-37-15-17-38(18-16-37)24(2)39)34-31(36-32)40-21-25-9-7-13-28(19-25)33-3/h4-14,19H,15-18,20-22H2,1-2H3. The van der Waals surface area contributed by atoms with Gasteiger partial charge in [0, 0.05) is 33.1 Å². The van der Waals surface area contributed by atoms with Crippen molar-refractivity contribution in [2.45, 2.75) is 33.6 Å². The van der Waals surface area contributed by atoms with Crippen LogP contribution in [0.25, 0.3) is 16.0 Å². The summed E-state index contributed by atoms with van der Waals surface area (Å²) < 4.78 is 12.1. The minimum Gasteiger partial charge on any atom is -0.458 e. The Morgan fingerprint density at radius 3 is 2.29 bits per heavy atom. The summed E-state index contributed by atoms with van der Waals surface area (Å²) in [6.45, 7) is 14.7. The average molecular weight is 549 g/mol. The lowest BCUT2D eigenvalue weighted by atomic mass is 9.97. The summed E-state index contributed by atoms with van der Waals surface area (Å²) >= 11 is 0. The first kappa shape index (κ1) is 27.7. The van der Waals surface area contributed by atoms with Gasteiger partial charge in [0.05, 0.1) is 13.1 Å². The van der Waals surface area contributed by atoms with Gasteiger partial charge in [-0.1, -0.05) is 66.7 Å². The van der Waals surface area contributed by atoms with E-state index in [4.69, 9.17) is 16.0 Å². The number of hydrogen-bond acceptors (Lipinski definition) is 7. The molecular formula is C32H32N6O3. The van der Waals surface area contributed by atoms with Crippen LogP contribution < -0.4 is 9.47 Å². The molecule has 0 N–H and O–H groups in total. The summed E-state index contributed by atoms with van der Waals surface area (Å²) in [5.41, 5.74) is 5.86. The molecule has 0 bridgehead atoms. The molecule has 0 unspecified atom stereocenters. The van der Waals surface area contributed by atoms with Crippen LogP contribution in [0.15, 0.2) is 72.8 Å². The molecule has 0 radical (unpaired) electrons. The molecule has 1 aliphatic heterocycles. The second-order valence-electron chi connectivity index (χ2n) is 9.91. The van der Waals surface area contributed by atoms with E-state index in [1.54, 1.807) is 19.1 Å². The first-order chi connectivity index (χ1) is 20.0. The second-order valence-corrected chi connectivity index (χ2v) is 9.91. The minimum atomic E-state index is 0.0881. The fourth-order valence-corrected chi connectivity index (χ4v) is 4.77. The maximum Gasteiger partial charge on any atom is 0.323 e. The summed E-state index contributed by atoms with van der Waals surface area (Å²) in [6.07, 6.45) is 0. The van der Waals surface area contributed by atoms with Crippen molar-refractivity contribution in [3.63, 3.8) is 0 Å². The molecule has 1 aliphatic rings. The van der Waals surface area contributed by atoms with E-state index >= 15 is 0 Å². The monoisotopic (exact) mass is 548 g/mol. The molecule has 9 nitrogen and oxygen atoms in total. The summed E-state index contributed by atoms with van der Waals surface area (Å²) in [6, 6.07) is 24.0. The van der Waals surface area contributed by atoms with Crippen LogP contribution in [-0.4, -0.2) is 56.8 Å². The maximum absolute atomic E-state index is 11.7. The van der Waals surface area contributed by atoms with Crippen molar-refractivity contribution < 1.29 is 14.3 Å². The predicted molar refractivity (Wildman–Crippen MR) is 155 cm³/mol. The highest BCUT2D eigenvalue weighted by atomic mass is 16.5. The summed E-state index contributed by atoms with van der Waals surface area (Å²) in [4.78, 5) is 32.9. The van der Waals surface area contributed by atoms with E-state index < -0.39 is 0 Å². The fraction of sp³-hybridized carbons (Fsp3) is 0.281. The average Bonchev–Trinajstić information content (AvgIpc) is 3.00. The molecule has 41 heavy (non-hydrogen) atoms. The van der Waals surface area contributed by atoms with Crippen LogP contribution in [0.4, 0.5) is 5.69 Å². The Labute approximate surface area is 240 Å². The van der Waals surface area contributed by atoms with Crippen molar-refractivity contribution in [3.05, 3.63) is 107 Å². The van der Waals surface area contributed by atoms with Crippen LogP contribution in [0, 0.1) is 13.5 Å². The van der Waals surface area contributed by atoms with Gasteiger partial charge in [-0.15, -0.1) is 4.98 Å². The maximum atomic E-state index is 11.7. The number of carbonyl (C=O) groups excluding carboxylic acids is 1. The van der Waals surface area contributed by atoms with Crippen molar-refractivity contribution in [1.29, 1.82) is 0 Å². The number of ether oxygens (including phenoxy) is 2. The highest BCUT2D eigenvalue weighted by Gasteiger charge is 2.20. The van der Waals surface area contributed by atoms with Crippen LogP contribution in [0.2, 0.25) is 0 Å². The van der Waals surface area contributed by atoms with Gasteiger partial charge < -0.3 is 14.4 Å². The summed E-state index contributed by atoms with van der Waals surface area (Å²) in [7, 11) is 0. The Morgan fingerprint density at radius 2 is 1.59 bits per heavy atom. The van der Waals surface area contributed by atoms with Crippen LogP contribution in [0.3, 0.4) is 0 Å². The van der Waals surface area contributed by atoms with Crippen molar-refractivity contribution in [2.75, 3.05) is 26.2 Å². The molecule has 1 saturated heterocycles. The number of carbonyl (C=O) groups is 1. The first-order valence-corrected chi connectivity index (χ1v) is 13.6. The van der Waals surface area contributed by atoms with Crippen molar-refractivity contribution in [3.8, 4) is 23.1 Å². The second kappa shape index (κ2) is 13.0. The topological polar surface area (TPSA) is 85.0 Å². The molecule has 0 aliphatic carbocycles. The van der Waals surface area contributed by atoms with Crippen molar-refractivity contribution in [1.82, 2.24) is 24.8 Å². The van der Waals surface area contributed by atoms with Gasteiger partial charge in [-0.25, -0.2) is 4.85 Å². The van der Waals surface area contributed by atoms with Crippen molar-refractivity contribution >= 4 is 11.6 Å². The third kappa shape index (κ3) is 7.24. The number of nitrogens with zero attached hydrogens (tertiary/aromatic N) is 6. The number of benzene rings is 3. The lowest BCUT2D eigenvalue weighted by Gasteiger charge is -2.33. The molecule has 0 spiro atoms. The minimum absolute atomic E-state index is 0.0881. The third-order valence-electron chi connectivity index (χ3n) is 7.12.